The minimum atomic E-state index is -0.567. The number of terminal acetylenes is 1. The lowest BCUT2D eigenvalue weighted by Crippen LogP contribution is -2.40. The Labute approximate surface area is 68.6 Å². The lowest BCUT2D eigenvalue weighted by Gasteiger charge is -2.30. The van der Waals surface area contributed by atoms with Gasteiger partial charge in [-0.15, -0.1) is 12.3 Å². The number of rotatable bonds is 4. The lowest BCUT2D eigenvalue weighted by atomic mass is 9.94. The molecule has 0 saturated heterocycles. The zero-order chi connectivity index (χ0) is 8.91. The molecule has 1 N–H and O–H groups in total. The summed E-state index contributed by atoms with van der Waals surface area (Å²) in [6.45, 7) is 3.82. The minimum absolute atomic E-state index is 0.345. The minimum Gasteiger partial charge on any atom is -0.389 e. The van der Waals surface area contributed by atoms with Crippen molar-refractivity contribution in [3.8, 4) is 12.3 Å². The highest BCUT2D eigenvalue weighted by molar-refractivity contribution is 4.94. The number of hydrogen-bond acceptors (Lipinski definition) is 2. The summed E-state index contributed by atoms with van der Waals surface area (Å²) in [5, 5.41) is 9.50. The van der Waals surface area contributed by atoms with Gasteiger partial charge in [-0.05, 0) is 13.3 Å². The maximum atomic E-state index is 9.50. The molecule has 0 aromatic carbocycles. The van der Waals surface area contributed by atoms with E-state index in [1.54, 1.807) is 7.11 Å². The molecular weight excluding hydrogens is 140 g/mol. The molecule has 0 heterocycles. The first-order chi connectivity index (χ1) is 5.10. The number of aliphatic hydroxyl groups excluding tert-OH is 1. The molecule has 2 unspecified atom stereocenters. The van der Waals surface area contributed by atoms with Crippen molar-refractivity contribution >= 4 is 0 Å². The molecule has 0 aromatic rings. The van der Waals surface area contributed by atoms with Crippen LogP contribution in [0, 0.1) is 12.3 Å². The third-order valence-corrected chi connectivity index (χ3v) is 2.18. The fourth-order valence-electron chi connectivity index (χ4n) is 0.844. The second-order valence-corrected chi connectivity index (χ2v) is 2.79. The second kappa shape index (κ2) is 4.38. The molecule has 0 aliphatic rings. The van der Waals surface area contributed by atoms with Crippen molar-refractivity contribution in [3.05, 3.63) is 0 Å². The molecule has 0 rings (SSSR count). The fourth-order valence-corrected chi connectivity index (χ4v) is 0.844. The molecule has 2 heteroatoms. The quantitative estimate of drug-likeness (QED) is 0.619. The van der Waals surface area contributed by atoms with Gasteiger partial charge in [0.1, 0.15) is 0 Å². The number of aliphatic hydroxyl groups is 1. The Morgan fingerprint density at radius 3 is 2.55 bits per heavy atom. The largest absolute Gasteiger partial charge is 0.389 e. The van der Waals surface area contributed by atoms with Crippen molar-refractivity contribution in [2.24, 2.45) is 0 Å². The van der Waals surface area contributed by atoms with Crippen molar-refractivity contribution < 1.29 is 9.84 Å². The molecule has 11 heavy (non-hydrogen) atoms. The number of ether oxygens (including phenoxy) is 1. The van der Waals surface area contributed by atoms with E-state index in [0.717, 1.165) is 6.42 Å². The molecule has 2 atom stereocenters. The third kappa shape index (κ3) is 2.53. The second-order valence-electron chi connectivity index (χ2n) is 2.79. The summed E-state index contributed by atoms with van der Waals surface area (Å²) >= 11 is 0. The topological polar surface area (TPSA) is 29.5 Å². The highest BCUT2D eigenvalue weighted by atomic mass is 16.5. The van der Waals surface area contributed by atoms with E-state index < -0.39 is 11.7 Å². The summed E-state index contributed by atoms with van der Waals surface area (Å²) in [6, 6.07) is 0. The van der Waals surface area contributed by atoms with Gasteiger partial charge in [0.15, 0.2) is 0 Å². The molecule has 0 radical (unpaired) electrons. The highest BCUT2D eigenvalue weighted by Crippen LogP contribution is 2.20. The van der Waals surface area contributed by atoms with Gasteiger partial charge in [0.25, 0.3) is 0 Å². The van der Waals surface area contributed by atoms with Crippen molar-refractivity contribution in [3.63, 3.8) is 0 Å². The summed E-state index contributed by atoms with van der Waals surface area (Å²) in [4.78, 5) is 0. The predicted octanol–water partition coefficient (Wildman–Crippen LogP) is 1.19. The van der Waals surface area contributed by atoms with E-state index in [-0.39, 0.29) is 0 Å². The molecule has 0 spiro atoms. The molecule has 0 aliphatic heterocycles. The number of hydrogen-bond donors (Lipinski definition) is 1. The Morgan fingerprint density at radius 2 is 2.27 bits per heavy atom. The summed E-state index contributed by atoms with van der Waals surface area (Å²) in [7, 11) is 1.59. The van der Waals surface area contributed by atoms with E-state index in [0.29, 0.717) is 6.42 Å². The van der Waals surface area contributed by atoms with Gasteiger partial charge in [-0.3, -0.25) is 0 Å². The van der Waals surface area contributed by atoms with Crippen LogP contribution in [0.25, 0.3) is 0 Å². The smallest absolute Gasteiger partial charge is 0.0935 e. The van der Waals surface area contributed by atoms with E-state index in [1.165, 1.54) is 0 Å². The average Bonchev–Trinajstić information content (AvgIpc) is 2.03. The Balaban J connectivity index is 4.14. The van der Waals surface area contributed by atoms with E-state index in [1.807, 2.05) is 13.8 Å². The van der Waals surface area contributed by atoms with Gasteiger partial charge in [-0.25, -0.2) is 0 Å². The van der Waals surface area contributed by atoms with Gasteiger partial charge >= 0.3 is 0 Å². The fraction of sp³-hybridized carbons (Fsp3) is 0.778. The van der Waals surface area contributed by atoms with Crippen molar-refractivity contribution in [1.82, 2.24) is 0 Å². The van der Waals surface area contributed by atoms with Crippen LogP contribution in [0.3, 0.4) is 0 Å². The van der Waals surface area contributed by atoms with Crippen LogP contribution in [0.1, 0.15) is 26.7 Å². The molecule has 64 valence electrons. The first kappa shape index (κ1) is 10.5. The molecule has 0 fully saturated rings. The molecule has 0 bridgehead atoms. The van der Waals surface area contributed by atoms with Gasteiger partial charge < -0.3 is 9.84 Å². The molecule has 0 amide bonds. The normalized spacial score (nSPS) is 18.5. The van der Waals surface area contributed by atoms with Crippen molar-refractivity contribution in [2.45, 2.75) is 38.4 Å². The molecule has 2 nitrogen and oxygen atoms in total. The van der Waals surface area contributed by atoms with Gasteiger partial charge in [0.2, 0.25) is 0 Å². The monoisotopic (exact) mass is 156 g/mol. The van der Waals surface area contributed by atoms with Crippen LogP contribution in [0.2, 0.25) is 0 Å². The first-order valence-electron chi connectivity index (χ1n) is 3.77. The lowest BCUT2D eigenvalue weighted by molar-refractivity contribution is -0.0896. The molecule has 0 saturated carbocycles. The number of methoxy groups -OCH3 is 1. The van der Waals surface area contributed by atoms with Crippen LogP contribution in [0.15, 0.2) is 0 Å². The summed E-state index contributed by atoms with van der Waals surface area (Å²) in [6.07, 6.45) is 5.60. The average molecular weight is 156 g/mol. The molecular formula is C9H16O2. The summed E-state index contributed by atoms with van der Waals surface area (Å²) in [5.74, 6) is 2.41. The summed E-state index contributed by atoms with van der Waals surface area (Å²) < 4.78 is 5.16. The zero-order valence-corrected chi connectivity index (χ0v) is 7.42. The maximum Gasteiger partial charge on any atom is 0.0935 e. The van der Waals surface area contributed by atoms with Crippen molar-refractivity contribution in [2.75, 3.05) is 7.11 Å². The van der Waals surface area contributed by atoms with Gasteiger partial charge in [0, 0.05) is 13.5 Å². The Bertz CT molecular complexity index is 142. The van der Waals surface area contributed by atoms with Gasteiger partial charge in [-0.2, -0.15) is 0 Å². The van der Waals surface area contributed by atoms with Crippen LogP contribution >= 0.6 is 0 Å². The SMILES string of the molecule is C#CCC(O)C(C)(CC)OC. The van der Waals surface area contributed by atoms with Crippen LogP contribution < -0.4 is 0 Å². The van der Waals surface area contributed by atoms with Gasteiger partial charge in [-0.1, -0.05) is 6.92 Å². The zero-order valence-electron chi connectivity index (χ0n) is 7.42. The van der Waals surface area contributed by atoms with Crippen LogP contribution in [0.5, 0.6) is 0 Å². The van der Waals surface area contributed by atoms with Crippen LogP contribution in [0.4, 0.5) is 0 Å². The highest BCUT2D eigenvalue weighted by Gasteiger charge is 2.29. The van der Waals surface area contributed by atoms with Gasteiger partial charge in [0.05, 0.1) is 11.7 Å². The Morgan fingerprint density at radius 1 is 1.73 bits per heavy atom. The van der Waals surface area contributed by atoms with Crippen LogP contribution in [-0.2, 0) is 4.74 Å². The first-order valence-corrected chi connectivity index (χ1v) is 3.77. The van der Waals surface area contributed by atoms with E-state index in [2.05, 4.69) is 5.92 Å². The maximum absolute atomic E-state index is 9.50. The Hall–Kier alpha value is -0.520. The summed E-state index contributed by atoms with van der Waals surface area (Å²) in [5.41, 5.74) is -0.494. The standard InChI is InChI=1S/C9H16O2/c1-5-7-8(10)9(3,6-2)11-4/h1,8,10H,6-7H2,2-4H3. The van der Waals surface area contributed by atoms with E-state index in [4.69, 9.17) is 11.2 Å². The van der Waals surface area contributed by atoms with Crippen molar-refractivity contribution in [1.29, 1.82) is 0 Å². The Kier molecular flexibility index (Phi) is 4.17. The third-order valence-electron chi connectivity index (χ3n) is 2.18. The van der Waals surface area contributed by atoms with Crippen LogP contribution in [-0.4, -0.2) is 23.9 Å². The molecule has 0 aromatic heterocycles. The van der Waals surface area contributed by atoms with E-state index >= 15 is 0 Å². The predicted molar refractivity (Wildman–Crippen MR) is 45.2 cm³/mol. The molecule has 0 aliphatic carbocycles. The van der Waals surface area contributed by atoms with E-state index in [9.17, 15) is 5.11 Å².